The molecule has 5 nitrogen and oxygen atoms in total. The summed E-state index contributed by atoms with van der Waals surface area (Å²) in [5.74, 6) is 0.236. The highest BCUT2D eigenvalue weighted by atomic mass is 35.5. The molecule has 0 aliphatic heterocycles. The third-order valence-corrected chi connectivity index (χ3v) is 4.26. The highest BCUT2D eigenvalue weighted by Gasteiger charge is 2.17. The molecule has 3 rings (SSSR count). The maximum atomic E-state index is 12.4. The Balaban J connectivity index is 1.72. The summed E-state index contributed by atoms with van der Waals surface area (Å²) in [5.41, 5.74) is 1.97. The lowest BCUT2D eigenvalue weighted by Crippen LogP contribution is -2.19. The highest BCUT2D eigenvalue weighted by molar-refractivity contribution is 6.31. The topological polar surface area (TPSA) is 66.9 Å². The van der Waals surface area contributed by atoms with Crippen molar-refractivity contribution < 1.29 is 4.79 Å². The van der Waals surface area contributed by atoms with Crippen molar-refractivity contribution in [2.24, 2.45) is 0 Å². The van der Waals surface area contributed by atoms with E-state index in [0.717, 1.165) is 18.4 Å². The molecule has 1 heterocycles. The van der Waals surface area contributed by atoms with Gasteiger partial charge in [-0.15, -0.1) is 0 Å². The minimum atomic E-state index is -0.271. The van der Waals surface area contributed by atoms with E-state index in [4.69, 9.17) is 11.6 Å². The number of nitrogens with zero attached hydrogens (tertiary/aromatic N) is 2. The van der Waals surface area contributed by atoms with Gasteiger partial charge in [-0.2, -0.15) is 0 Å². The molecule has 1 aromatic carbocycles. The van der Waals surface area contributed by atoms with Crippen molar-refractivity contribution in [2.75, 3.05) is 10.6 Å². The van der Waals surface area contributed by atoms with E-state index >= 15 is 0 Å². The number of hydrogen-bond donors (Lipinski definition) is 2. The largest absolute Gasteiger partial charge is 0.351 e. The van der Waals surface area contributed by atoms with Crippen LogP contribution in [0.3, 0.4) is 0 Å². The summed E-state index contributed by atoms with van der Waals surface area (Å²) in [5, 5.41) is 6.72. The van der Waals surface area contributed by atoms with Crippen molar-refractivity contribution in [3.8, 4) is 0 Å². The van der Waals surface area contributed by atoms with E-state index in [2.05, 4.69) is 20.6 Å². The second-order valence-corrected chi connectivity index (χ2v) is 6.24. The molecular weight excluding hydrogens is 312 g/mol. The fourth-order valence-electron chi connectivity index (χ4n) is 2.72. The van der Waals surface area contributed by atoms with Gasteiger partial charge in [0.2, 0.25) is 5.95 Å². The first-order valence-electron chi connectivity index (χ1n) is 7.79. The summed E-state index contributed by atoms with van der Waals surface area (Å²) < 4.78 is 0. The summed E-state index contributed by atoms with van der Waals surface area (Å²) >= 11 is 5.98. The Morgan fingerprint density at radius 1 is 1.26 bits per heavy atom. The molecule has 1 fully saturated rings. The Morgan fingerprint density at radius 3 is 2.83 bits per heavy atom. The first-order chi connectivity index (χ1) is 11.1. The second kappa shape index (κ2) is 6.96. The van der Waals surface area contributed by atoms with E-state index in [0.29, 0.717) is 28.4 Å². The molecule has 0 spiro atoms. The zero-order valence-electron chi connectivity index (χ0n) is 13.0. The van der Waals surface area contributed by atoms with Crippen LogP contribution in [0, 0.1) is 6.92 Å². The Bertz CT molecular complexity index is 713. The molecule has 1 amide bonds. The normalized spacial score (nSPS) is 14.7. The van der Waals surface area contributed by atoms with Gasteiger partial charge in [0.25, 0.3) is 5.91 Å². The molecular formula is C17H19ClN4O. The molecule has 23 heavy (non-hydrogen) atoms. The summed E-state index contributed by atoms with van der Waals surface area (Å²) in [6.07, 6.45) is 6.31. The van der Waals surface area contributed by atoms with Crippen LogP contribution in [0.1, 0.15) is 41.7 Å². The molecule has 120 valence electrons. The van der Waals surface area contributed by atoms with Crippen molar-refractivity contribution in [3.63, 3.8) is 0 Å². The average Bonchev–Trinajstić information content (AvgIpc) is 3.04. The number of hydrogen-bond acceptors (Lipinski definition) is 4. The predicted octanol–water partition coefficient (Wildman–Crippen LogP) is 4.05. The monoisotopic (exact) mass is 330 g/mol. The molecule has 1 saturated carbocycles. The minimum absolute atomic E-state index is 0.271. The number of amides is 1. The highest BCUT2D eigenvalue weighted by Crippen LogP contribution is 2.22. The van der Waals surface area contributed by atoms with Crippen LogP contribution in [0.15, 0.2) is 30.5 Å². The number of aromatic nitrogens is 2. The van der Waals surface area contributed by atoms with E-state index in [1.165, 1.54) is 12.8 Å². The molecule has 6 heteroatoms. The molecule has 2 aromatic rings. The number of rotatable bonds is 4. The van der Waals surface area contributed by atoms with Gasteiger partial charge >= 0.3 is 0 Å². The Labute approximate surface area is 140 Å². The van der Waals surface area contributed by atoms with E-state index in [1.807, 2.05) is 13.0 Å². The molecule has 1 aliphatic rings. The van der Waals surface area contributed by atoms with Crippen molar-refractivity contribution >= 4 is 29.1 Å². The number of halogens is 1. The summed E-state index contributed by atoms with van der Waals surface area (Å²) in [7, 11) is 0. The van der Waals surface area contributed by atoms with Gasteiger partial charge in [-0.05, 0) is 43.5 Å². The fraction of sp³-hybridized carbons (Fsp3) is 0.353. The number of anilines is 2. The number of aryl methyl sites for hydroxylation is 1. The Kier molecular flexibility index (Phi) is 4.76. The quantitative estimate of drug-likeness (QED) is 0.887. The molecule has 1 aliphatic carbocycles. The van der Waals surface area contributed by atoms with Gasteiger partial charge in [-0.3, -0.25) is 4.79 Å². The zero-order chi connectivity index (χ0) is 16.2. The van der Waals surface area contributed by atoms with Crippen LogP contribution >= 0.6 is 11.6 Å². The van der Waals surface area contributed by atoms with E-state index in [1.54, 1.807) is 24.4 Å². The second-order valence-electron chi connectivity index (χ2n) is 5.80. The van der Waals surface area contributed by atoms with E-state index in [9.17, 15) is 4.79 Å². The van der Waals surface area contributed by atoms with Crippen molar-refractivity contribution in [3.05, 3.63) is 46.7 Å². The van der Waals surface area contributed by atoms with Crippen LogP contribution < -0.4 is 10.6 Å². The summed E-state index contributed by atoms with van der Waals surface area (Å²) in [6.45, 7) is 1.92. The first-order valence-corrected chi connectivity index (χ1v) is 8.17. The molecule has 0 bridgehead atoms. The maximum absolute atomic E-state index is 12.4. The van der Waals surface area contributed by atoms with Gasteiger partial charge in [0, 0.05) is 22.9 Å². The van der Waals surface area contributed by atoms with Crippen LogP contribution in [-0.2, 0) is 0 Å². The molecule has 0 saturated heterocycles. The molecule has 2 N–H and O–H groups in total. The number of nitrogens with one attached hydrogen (secondary N) is 2. The van der Waals surface area contributed by atoms with Gasteiger partial charge in [0.05, 0.1) is 0 Å². The van der Waals surface area contributed by atoms with Crippen molar-refractivity contribution in [1.29, 1.82) is 0 Å². The maximum Gasteiger partial charge on any atom is 0.274 e. The van der Waals surface area contributed by atoms with Crippen LogP contribution in [0.5, 0.6) is 0 Å². The van der Waals surface area contributed by atoms with Gasteiger partial charge in [0.15, 0.2) is 0 Å². The van der Waals surface area contributed by atoms with Crippen LogP contribution in [0.4, 0.5) is 11.6 Å². The Hall–Kier alpha value is -2.14. The number of benzene rings is 1. The minimum Gasteiger partial charge on any atom is -0.351 e. The Morgan fingerprint density at radius 2 is 2.04 bits per heavy atom. The number of carbonyl (C=O) groups excluding carboxylic acids is 1. The third kappa shape index (κ3) is 3.99. The SMILES string of the molecule is Cc1ccc(Cl)cc1NC(=O)c1ccnc(NC2CCCC2)n1. The molecule has 0 radical (unpaired) electrons. The molecule has 1 aromatic heterocycles. The summed E-state index contributed by atoms with van der Waals surface area (Å²) in [4.78, 5) is 20.9. The lowest BCUT2D eigenvalue weighted by atomic mass is 10.2. The molecule has 0 atom stereocenters. The predicted molar refractivity (Wildman–Crippen MR) is 92.1 cm³/mol. The van der Waals surface area contributed by atoms with Crippen LogP contribution in [0.2, 0.25) is 5.02 Å². The van der Waals surface area contributed by atoms with Gasteiger partial charge in [-0.1, -0.05) is 30.5 Å². The lowest BCUT2D eigenvalue weighted by Gasteiger charge is -2.12. The third-order valence-electron chi connectivity index (χ3n) is 4.02. The number of carbonyl (C=O) groups is 1. The van der Waals surface area contributed by atoms with Gasteiger partial charge in [-0.25, -0.2) is 9.97 Å². The van der Waals surface area contributed by atoms with Crippen LogP contribution in [0.25, 0.3) is 0 Å². The van der Waals surface area contributed by atoms with Gasteiger partial charge in [0.1, 0.15) is 5.69 Å². The van der Waals surface area contributed by atoms with E-state index < -0.39 is 0 Å². The zero-order valence-corrected chi connectivity index (χ0v) is 13.7. The van der Waals surface area contributed by atoms with Crippen LogP contribution in [-0.4, -0.2) is 21.9 Å². The first kappa shape index (κ1) is 15.7. The van der Waals surface area contributed by atoms with E-state index in [-0.39, 0.29) is 5.91 Å². The van der Waals surface area contributed by atoms with Crippen molar-refractivity contribution in [1.82, 2.24) is 9.97 Å². The summed E-state index contributed by atoms with van der Waals surface area (Å²) in [6, 6.07) is 7.40. The fourth-order valence-corrected chi connectivity index (χ4v) is 2.89. The standard InChI is InChI=1S/C17H19ClN4O/c1-11-6-7-12(18)10-15(11)21-16(23)14-8-9-19-17(22-14)20-13-4-2-3-5-13/h6-10,13H,2-5H2,1H3,(H,21,23)(H,19,20,22). The lowest BCUT2D eigenvalue weighted by molar-refractivity contribution is 0.102. The smallest absolute Gasteiger partial charge is 0.274 e. The van der Waals surface area contributed by atoms with Crippen molar-refractivity contribution in [2.45, 2.75) is 38.6 Å². The van der Waals surface area contributed by atoms with Gasteiger partial charge < -0.3 is 10.6 Å². The average molecular weight is 331 g/mol. The molecule has 0 unspecified atom stereocenters.